The molecule has 3 rings (SSSR count). The van der Waals surface area contributed by atoms with Crippen LogP contribution in [0.1, 0.15) is 51.0 Å². The smallest absolute Gasteiger partial charge is 0.317 e. The van der Waals surface area contributed by atoms with Crippen molar-refractivity contribution in [2.75, 3.05) is 26.2 Å². The number of carboxylic acid groups (broad SMARTS) is 1. The van der Waals surface area contributed by atoms with Crippen LogP contribution in [-0.4, -0.2) is 59.2 Å². The van der Waals surface area contributed by atoms with Gasteiger partial charge < -0.3 is 9.84 Å². The molecule has 0 unspecified atom stereocenters. The van der Waals surface area contributed by atoms with Gasteiger partial charge in [0.25, 0.3) is 0 Å². The van der Waals surface area contributed by atoms with E-state index in [9.17, 15) is 4.79 Å². The molecule has 0 atom stereocenters. The molecular weight excluding hydrogens is 364 g/mol. The molecule has 1 N–H and O–H groups in total. The lowest BCUT2D eigenvalue weighted by Gasteiger charge is -2.37. The molecule has 27 heavy (non-hydrogen) atoms. The molecule has 0 amide bonds. The molecule has 2 fully saturated rings. The molecule has 1 aromatic carbocycles. The highest BCUT2D eigenvalue weighted by Gasteiger charge is 2.26. The number of carbonyl (C=O) groups is 1. The van der Waals surface area contributed by atoms with E-state index in [2.05, 4.69) is 9.80 Å². The zero-order valence-electron chi connectivity index (χ0n) is 16.2. The van der Waals surface area contributed by atoms with E-state index in [-0.39, 0.29) is 6.54 Å². The summed E-state index contributed by atoms with van der Waals surface area (Å²) in [5.41, 5.74) is 1.16. The van der Waals surface area contributed by atoms with E-state index >= 15 is 0 Å². The van der Waals surface area contributed by atoms with Crippen LogP contribution in [-0.2, 0) is 11.3 Å². The minimum atomic E-state index is -0.744. The van der Waals surface area contributed by atoms with Crippen LogP contribution in [0.15, 0.2) is 18.2 Å². The second-order valence-electron chi connectivity index (χ2n) is 7.74. The van der Waals surface area contributed by atoms with Crippen molar-refractivity contribution in [3.8, 4) is 5.75 Å². The predicted molar refractivity (Wildman–Crippen MR) is 108 cm³/mol. The maximum absolute atomic E-state index is 11.0. The summed E-state index contributed by atoms with van der Waals surface area (Å²) >= 11 is 6.25. The highest BCUT2D eigenvalue weighted by molar-refractivity contribution is 6.30. The second kappa shape index (κ2) is 9.76. The van der Waals surface area contributed by atoms with Crippen LogP contribution in [0.5, 0.6) is 5.75 Å². The van der Waals surface area contributed by atoms with Gasteiger partial charge in [-0.2, -0.15) is 0 Å². The van der Waals surface area contributed by atoms with E-state index in [0.29, 0.717) is 12.1 Å². The van der Waals surface area contributed by atoms with Crippen LogP contribution >= 0.6 is 11.6 Å². The van der Waals surface area contributed by atoms with Gasteiger partial charge in [0, 0.05) is 23.2 Å². The fourth-order valence-corrected chi connectivity index (χ4v) is 4.52. The first-order valence-corrected chi connectivity index (χ1v) is 10.6. The molecule has 1 saturated carbocycles. The summed E-state index contributed by atoms with van der Waals surface area (Å²) in [6.07, 6.45) is 7.13. The van der Waals surface area contributed by atoms with Crippen molar-refractivity contribution in [3.63, 3.8) is 0 Å². The number of halogens is 1. The van der Waals surface area contributed by atoms with Crippen LogP contribution in [0.25, 0.3) is 0 Å². The maximum Gasteiger partial charge on any atom is 0.317 e. The number of rotatable bonds is 8. The number of piperidine rings is 1. The highest BCUT2D eigenvalue weighted by atomic mass is 35.5. The Morgan fingerprint density at radius 3 is 2.59 bits per heavy atom. The summed E-state index contributed by atoms with van der Waals surface area (Å²) in [7, 11) is 0. The van der Waals surface area contributed by atoms with Gasteiger partial charge in [-0.25, -0.2) is 0 Å². The number of aliphatic carboxylic acids is 1. The Bertz CT molecular complexity index is 626. The number of hydrogen-bond donors (Lipinski definition) is 1. The fourth-order valence-electron chi connectivity index (χ4n) is 4.33. The Hall–Kier alpha value is -1.30. The monoisotopic (exact) mass is 394 g/mol. The average Bonchev–Trinajstić information content (AvgIpc) is 3.16. The first-order valence-electron chi connectivity index (χ1n) is 10.2. The molecule has 1 heterocycles. The Balaban J connectivity index is 1.58. The summed E-state index contributed by atoms with van der Waals surface area (Å²) < 4.78 is 6.26. The topological polar surface area (TPSA) is 53.0 Å². The van der Waals surface area contributed by atoms with Crippen molar-refractivity contribution in [2.24, 2.45) is 0 Å². The third kappa shape index (κ3) is 5.84. The van der Waals surface area contributed by atoms with E-state index in [1.807, 2.05) is 25.1 Å². The molecule has 1 aliphatic carbocycles. The molecule has 1 aromatic rings. The minimum absolute atomic E-state index is 0.134. The van der Waals surface area contributed by atoms with Crippen molar-refractivity contribution < 1.29 is 14.6 Å². The van der Waals surface area contributed by atoms with Gasteiger partial charge in [-0.1, -0.05) is 18.5 Å². The predicted octanol–water partition coefficient (Wildman–Crippen LogP) is 4.03. The molecule has 5 nitrogen and oxygen atoms in total. The van der Waals surface area contributed by atoms with Gasteiger partial charge in [-0.3, -0.25) is 14.6 Å². The van der Waals surface area contributed by atoms with Crippen LogP contribution < -0.4 is 4.74 Å². The normalized spacial score (nSPS) is 19.7. The van der Waals surface area contributed by atoms with Crippen molar-refractivity contribution in [2.45, 2.75) is 64.1 Å². The van der Waals surface area contributed by atoms with Crippen molar-refractivity contribution in [3.05, 3.63) is 28.8 Å². The number of hydrogen-bond acceptors (Lipinski definition) is 4. The summed E-state index contributed by atoms with van der Waals surface area (Å²) in [5, 5.41) is 9.84. The molecule has 0 spiro atoms. The van der Waals surface area contributed by atoms with Gasteiger partial charge in [0.05, 0.1) is 12.6 Å². The molecule has 6 heteroatoms. The van der Waals surface area contributed by atoms with E-state index in [4.69, 9.17) is 21.4 Å². The number of nitrogens with zero attached hydrogens (tertiary/aromatic N) is 2. The van der Waals surface area contributed by atoms with E-state index in [1.54, 1.807) is 0 Å². The lowest BCUT2D eigenvalue weighted by atomic mass is 10.0. The van der Waals surface area contributed by atoms with Crippen LogP contribution in [0.4, 0.5) is 0 Å². The van der Waals surface area contributed by atoms with Gasteiger partial charge in [-0.15, -0.1) is 0 Å². The lowest BCUT2D eigenvalue weighted by molar-refractivity contribution is -0.139. The summed E-state index contributed by atoms with van der Waals surface area (Å²) in [6.45, 7) is 5.72. The lowest BCUT2D eigenvalue weighted by Crippen LogP contribution is -2.46. The molecule has 1 aliphatic heterocycles. The average molecular weight is 395 g/mol. The number of carboxylic acids is 1. The summed E-state index contributed by atoms with van der Waals surface area (Å²) in [4.78, 5) is 15.6. The Morgan fingerprint density at radius 2 is 1.96 bits per heavy atom. The van der Waals surface area contributed by atoms with Gasteiger partial charge in [0.2, 0.25) is 0 Å². The zero-order valence-corrected chi connectivity index (χ0v) is 17.0. The second-order valence-corrected chi connectivity index (χ2v) is 8.18. The number of benzene rings is 1. The summed E-state index contributed by atoms with van der Waals surface area (Å²) in [6, 6.07) is 6.30. The molecule has 150 valence electrons. The van der Waals surface area contributed by atoms with E-state index < -0.39 is 5.97 Å². The molecule has 2 aliphatic rings. The Labute approximate surface area is 167 Å². The minimum Gasteiger partial charge on any atom is -0.490 e. The zero-order chi connectivity index (χ0) is 19.2. The summed E-state index contributed by atoms with van der Waals surface area (Å²) in [5.74, 6) is 0.224. The maximum atomic E-state index is 11.0. The SMILES string of the molecule is CCN(CC(=O)O)C1CCN(Cc2cc(Cl)ccc2OC2CCCC2)CC1. The third-order valence-electron chi connectivity index (χ3n) is 5.83. The van der Waals surface area contributed by atoms with Gasteiger partial charge in [-0.05, 0) is 76.4 Å². The first kappa shape index (κ1) is 20.4. The molecular formula is C21H31ClN2O3. The third-order valence-corrected chi connectivity index (χ3v) is 6.07. The number of likely N-dealkylation sites (N-methyl/N-ethyl adjacent to an activating group) is 1. The Morgan fingerprint density at radius 1 is 1.26 bits per heavy atom. The van der Waals surface area contributed by atoms with Crippen molar-refractivity contribution >= 4 is 17.6 Å². The number of ether oxygens (including phenoxy) is 1. The van der Waals surface area contributed by atoms with Crippen LogP contribution in [0.3, 0.4) is 0 Å². The van der Waals surface area contributed by atoms with Gasteiger partial charge >= 0.3 is 5.97 Å². The van der Waals surface area contributed by atoms with E-state index in [0.717, 1.165) is 68.2 Å². The largest absolute Gasteiger partial charge is 0.490 e. The van der Waals surface area contributed by atoms with Crippen LogP contribution in [0.2, 0.25) is 5.02 Å². The number of likely N-dealkylation sites (tertiary alicyclic amines) is 1. The Kier molecular flexibility index (Phi) is 7.39. The van der Waals surface area contributed by atoms with Gasteiger partial charge in [0.15, 0.2) is 0 Å². The molecule has 1 saturated heterocycles. The fraction of sp³-hybridized carbons (Fsp3) is 0.667. The highest BCUT2D eigenvalue weighted by Crippen LogP contribution is 2.30. The first-order chi connectivity index (χ1) is 13.0. The van der Waals surface area contributed by atoms with Crippen molar-refractivity contribution in [1.29, 1.82) is 0 Å². The standard InChI is InChI=1S/C21H31ClN2O3/c1-2-24(15-21(25)26)18-9-11-23(12-10-18)14-16-13-17(22)7-8-20(16)27-19-5-3-4-6-19/h7-8,13,18-19H,2-6,9-12,14-15H2,1H3,(H,25,26). The quantitative estimate of drug-likeness (QED) is 0.721. The van der Waals surface area contributed by atoms with Gasteiger partial charge in [0.1, 0.15) is 5.75 Å². The molecule has 0 aromatic heterocycles. The van der Waals surface area contributed by atoms with Crippen molar-refractivity contribution in [1.82, 2.24) is 9.80 Å². The van der Waals surface area contributed by atoms with E-state index in [1.165, 1.54) is 12.8 Å². The molecule has 0 radical (unpaired) electrons. The van der Waals surface area contributed by atoms with Crippen LogP contribution in [0, 0.1) is 0 Å². The molecule has 0 bridgehead atoms.